The van der Waals surface area contributed by atoms with Gasteiger partial charge in [0.2, 0.25) is 0 Å². The number of nitrogens with two attached hydrogens (primary N) is 1. The van der Waals surface area contributed by atoms with Crippen LogP contribution in [0.1, 0.15) is 46.8 Å². The summed E-state index contributed by atoms with van der Waals surface area (Å²) in [5.74, 6) is 0.121. The lowest BCUT2D eigenvalue weighted by molar-refractivity contribution is 0.0730. The molecule has 0 atom stereocenters. The van der Waals surface area contributed by atoms with Crippen molar-refractivity contribution in [2.24, 2.45) is 5.73 Å². The van der Waals surface area contributed by atoms with Crippen LogP contribution in [0.25, 0.3) is 0 Å². The Kier molecular flexibility index (Phi) is 4.77. The molecule has 0 bridgehead atoms. The van der Waals surface area contributed by atoms with Crippen LogP contribution in [0.2, 0.25) is 0 Å². The molecule has 0 aromatic heterocycles. The molecule has 120 valence electrons. The number of hydrogen-bond donors (Lipinski definition) is 1. The lowest BCUT2D eigenvalue weighted by Gasteiger charge is -2.23. The van der Waals surface area contributed by atoms with Crippen molar-refractivity contribution in [3.8, 4) is 0 Å². The van der Waals surface area contributed by atoms with Crippen LogP contribution in [0.15, 0.2) is 48.5 Å². The molecule has 0 aliphatic heterocycles. The van der Waals surface area contributed by atoms with E-state index >= 15 is 0 Å². The van der Waals surface area contributed by atoms with Gasteiger partial charge in [-0.3, -0.25) is 4.79 Å². The van der Waals surface area contributed by atoms with E-state index < -0.39 is 0 Å². The molecule has 2 aromatic rings. The second-order valence-corrected chi connectivity index (χ2v) is 6.24. The van der Waals surface area contributed by atoms with Gasteiger partial charge in [0.25, 0.3) is 5.91 Å². The molecule has 1 aliphatic rings. The van der Waals surface area contributed by atoms with Gasteiger partial charge in [-0.25, -0.2) is 0 Å². The molecule has 0 radical (unpaired) electrons. The number of carbonyl (C=O) groups excluding carboxylic acids is 1. The van der Waals surface area contributed by atoms with Gasteiger partial charge < -0.3 is 10.6 Å². The number of rotatable bonds is 6. The Morgan fingerprint density at radius 2 is 1.57 bits per heavy atom. The number of amides is 1. The van der Waals surface area contributed by atoms with Crippen molar-refractivity contribution in [1.29, 1.82) is 0 Å². The highest BCUT2D eigenvalue weighted by molar-refractivity contribution is 5.94. The zero-order valence-corrected chi connectivity index (χ0v) is 13.7. The summed E-state index contributed by atoms with van der Waals surface area (Å²) >= 11 is 0. The SMILES string of the molecule is CCc1ccc(CN(C(=O)c2ccc(CN)cc2)C2CC2)cc1. The average molecular weight is 308 g/mol. The summed E-state index contributed by atoms with van der Waals surface area (Å²) in [5.41, 5.74) is 9.95. The number of benzene rings is 2. The third-order valence-electron chi connectivity index (χ3n) is 4.47. The minimum atomic E-state index is 0.121. The number of nitrogens with zero attached hydrogens (tertiary/aromatic N) is 1. The number of aryl methyl sites for hydroxylation is 1. The Balaban J connectivity index is 1.75. The Bertz CT molecular complexity index is 657. The molecule has 2 aromatic carbocycles. The zero-order valence-electron chi connectivity index (χ0n) is 13.7. The highest BCUT2D eigenvalue weighted by Gasteiger charge is 2.33. The van der Waals surface area contributed by atoms with Crippen molar-refractivity contribution in [1.82, 2.24) is 4.90 Å². The fraction of sp³-hybridized carbons (Fsp3) is 0.350. The van der Waals surface area contributed by atoms with Crippen LogP contribution < -0.4 is 5.73 Å². The Morgan fingerprint density at radius 3 is 2.09 bits per heavy atom. The predicted octanol–water partition coefficient (Wildman–Crippen LogP) is 3.51. The van der Waals surface area contributed by atoms with E-state index in [1.54, 1.807) is 0 Å². The second-order valence-electron chi connectivity index (χ2n) is 6.24. The van der Waals surface area contributed by atoms with Crippen molar-refractivity contribution in [3.05, 3.63) is 70.8 Å². The van der Waals surface area contributed by atoms with Crippen LogP contribution in [0.3, 0.4) is 0 Å². The molecule has 23 heavy (non-hydrogen) atoms. The van der Waals surface area contributed by atoms with Gasteiger partial charge in [-0.1, -0.05) is 43.3 Å². The lowest BCUT2D eigenvalue weighted by atomic mass is 10.1. The Labute approximate surface area is 138 Å². The lowest BCUT2D eigenvalue weighted by Crippen LogP contribution is -2.32. The minimum absolute atomic E-state index is 0.121. The molecule has 0 unspecified atom stereocenters. The number of hydrogen-bond acceptors (Lipinski definition) is 2. The molecule has 3 rings (SSSR count). The maximum absolute atomic E-state index is 12.8. The summed E-state index contributed by atoms with van der Waals surface area (Å²) in [6.07, 6.45) is 3.26. The van der Waals surface area contributed by atoms with Crippen molar-refractivity contribution in [2.45, 2.75) is 45.3 Å². The molecule has 1 saturated carbocycles. The van der Waals surface area contributed by atoms with Crippen molar-refractivity contribution >= 4 is 5.91 Å². The van der Waals surface area contributed by atoms with Gasteiger partial charge >= 0.3 is 0 Å². The minimum Gasteiger partial charge on any atom is -0.331 e. The third-order valence-corrected chi connectivity index (χ3v) is 4.47. The van der Waals surface area contributed by atoms with Crippen LogP contribution in [0.5, 0.6) is 0 Å². The van der Waals surface area contributed by atoms with E-state index in [2.05, 4.69) is 31.2 Å². The Hall–Kier alpha value is -2.13. The standard InChI is InChI=1S/C20H24N2O/c1-2-15-3-5-17(6-4-15)14-22(19-11-12-19)20(23)18-9-7-16(13-21)8-10-18/h3-10,19H,2,11-14,21H2,1H3. The first kappa shape index (κ1) is 15.8. The Morgan fingerprint density at radius 1 is 1.00 bits per heavy atom. The zero-order chi connectivity index (χ0) is 16.2. The summed E-state index contributed by atoms with van der Waals surface area (Å²) in [6.45, 7) is 3.34. The van der Waals surface area contributed by atoms with Crippen molar-refractivity contribution < 1.29 is 4.79 Å². The van der Waals surface area contributed by atoms with Gasteiger partial charge in [-0.05, 0) is 48.1 Å². The fourth-order valence-electron chi connectivity index (χ4n) is 2.78. The summed E-state index contributed by atoms with van der Waals surface area (Å²) in [6, 6.07) is 16.6. The number of carbonyl (C=O) groups is 1. The van der Waals surface area contributed by atoms with E-state index in [0.717, 1.165) is 30.4 Å². The van der Waals surface area contributed by atoms with Gasteiger partial charge in [-0.2, -0.15) is 0 Å². The first-order chi connectivity index (χ1) is 11.2. The smallest absolute Gasteiger partial charge is 0.254 e. The van der Waals surface area contributed by atoms with Crippen LogP contribution in [-0.2, 0) is 19.5 Å². The van der Waals surface area contributed by atoms with Crippen molar-refractivity contribution in [2.75, 3.05) is 0 Å². The quantitative estimate of drug-likeness (QED) is 0.887. The van der Waals surface area contributed by atoms with Crippen molar-refractivity contribution in [3.63, 3.8) is 0 Å². The van der Waals surface area contributed by atoms with Gasteiger partial charge in [0.15, 0.2) is 0 Å². The molecular weight excluding hydrogens is 284 g/mol. The first-order valence-electron chi connectivity index (χ1n) is 8.39. The third kappa shape index (κ3) is 3.80. The van der Waals surface area contributed by atoms with Crippen LogP contribution >= 0.6 is 0 Å². The van der Waals surface area contributed by atoms with Gasteiger partial charge in [-0.15, -0.1) is 0 Å². The monoisotopic (exact) mass is 308 g/mol. The van der Waals surface area contributed by atoms with Crippen LogP contribution in [-0.4, -0.2) is 16.8 Å². The normalized spacial score (nSPS) is 13.8. The summed E-state index contributed by atoms with van der Waals surface area (Å²) < 4.78 is 0. The van der Waals surface area contributed by atoms with E-state index in [-0.39, 0.29) is 5.91 Å². The summed E-state index contributed by atoms with van der Waals surface area (Å²) in [7, 11) is 0. The molecular formula is C20H24N2O. The molecule has 0 saturated heterocycles. The molecule has 1 fully saturated rings. The summed E-state index contributed by atoms with van der Waals surface area (Å²) in [4.78, 5) is 14.9. The van der Waals surface area contributed by atoms with E-state index in [0.29, 0.717) is 19.1 Å². The fourth-order valence-corrected chi connectivity index (χ4v) is 2.78. The van der Waals surface area contributed by atoms with Crippen LogP contribution in [0.4, 0.5) is 0 Å². The van der Waals surface area contributed by atoms with Crippen LogP contribution in [0, 0.1) is 0 Å². The van der Waals surface area contributed by atoms with Gasteiger partial charge in [0.05, 0.1) is 0 Å². The maximum Gasteiger partial charge on any atom is 0.254 e. The van der Waals surface area contributed by atoms with Gasteiger partial charge in [0, 0.05) is 24.7 Å². The molecule has 1 amide bonds. The highest BCUT2D eigenvalue weighted by atomic mass is 16.2. The van der Waals surface area contributed by atoms with E-state index in [4.69, 9.17) is 5.73 Å². The van der Waals surface area contributed by atoms with E-state index in [9.17, 15) is 4.79 Å². The molecule has 0 heterocycles. The van der Waals surface area contributed by atoms with E-state index in [1.165, 1.54) is 11.1 Å². The van der Waals surface area contributed by atoms with E-state index in [1.807, 2.05) is 29.2 Å². The molecule has 2 N–H and O–H groups in total. The van der Waals surface area contributed by atoms with Gasteiger partial charge in [0.1, 0.15) is 0 Å². The molecule has 3 heteroatoms. The topological polar surface area (TPSA) is 46.3 Å². The largest absolute Gasteiger partial charge is 0.331 e. The molecule has 0 spiro atoms. The maximum atomic E-state index is 12.8. The first-order valence-corrected chi connectivity index (χ1v) is 8.39. The highest BCUT2D eigenvalue weighted by Crippen LogP contribution is 2.30. The average Bonchev–Trinajstić information content (AvgIpc) is 3.44. The second kappa shape index (κ2) is 6.97. The summed E-state index contributed by atoms with van der Waals surface area (Å²) in [5, 5.41) is 0. The molecule has 1 aliphatic carbocycles. The molecule has 3 nitrogen and oxygen atoms in total. The predicted molar refractivity (Wildman–Crippen MR) is 93.0 cm³/mol.